The van der Waals surface area contributed by atoms with E-state index in [4.69, 9.17) is 16.9 Å². The lowest BCUT2D eigenvalue weighted by atomic mass is 10.3. The van der Waals surface area contributed by atoms with E-state index < -0.39 is 12.1 Å². The number of primary amides is 1. The molecule has 0 rings (SSSR count). The lowest BCUT2D eigenvalue weighted by Gasteiger charge is -2.20. The average molecular weight is 144 g/mol. The molecule has 58 valence electrons. The van der Waals surface area contributed by atoms with E-state index in [2.05, 4.69) is 0 Å². The summed E-state index contributed by atoms with van der Waals surface area (Å²) in [6, 6.07) is -1.000. The van der Waals surface area contributed by atoms with Crippen molar-refractivity contribution in [3.63, 3.8) is 0 Å². The van der Waals surface area contributed by atoms with Crippen LogP contribution in [0.4, 0.5) is 4.79 Å². The molecule has 0 heterocycles. The Balaban J connectivity index is 4.07. The smallest absolute Gasteiger partial charge is 0.315 e. The maximum absolute atomic E-state index is 10.4. The minimum atomic E-state index is -0.581. The van der Waals surface area contributed by atoms with Gasteiger partial charge >= 0.3 is 6.03 Å². The highest BCUT2D eigenvalue weighted by Crippen LogP contribution is 1.92. The Kier molecular flexibility index (Phi) is 2.66. The summed E-state index contributed by atoms with van der Waals surface area (Å²) in [4.78, 5) is 11.6. The van der Waals surface area contributed by atoms with Gasteiger partial charge in [-0.25, -0.2) is 4.79 Å². The number of hydrogen-bond donors (Lipinski definition) is 3. The largest absolute Gasteiger partial charge is 0.386 e. The molecule has 0 aliphatic carbocycles. The van der Waals surface area contributed by atoms with Crippen molar-refractivity contribution < 1.29 is 4.79 Å². The fourth-order valence-electron chi connectivity index (χ4n) is 0.399. The summed E-state index contributed by atoms with van der Waals surface area (Å²) in [5.74, 6) is -0.0682. The summed E-state index contributed by atoms with van der Waals surface area (Å²) in [6.45, 7) is 1.63. The van der Waals surface area contributed by atoms with Crippen LogP contribution in [-0.4, -0.2) is 29.9 Å². The van der Waals surface area contributed by atoms with Crippen molar-refractivity contribution in [2.24, 2.45) is 11.5 Å². The summed E-state index contributed by atoms with van der Waals surface area (Å²) in [7, 11) is 1.49. The lowest BCUT2D eigenvalue weighted by molar-refractivity contribution is 0.214. The molecule has 0 saturated carbocycles. The van der Waals surface area contributed by atoms with E-state index in [-0.39, 0.29) is 5.84 Å². The molecule has 0 radical (unpaired) electrons. The molecule has 2 amide bonds. The Morgan fingerprint density at radius 2 is 2.00 bits per heavy atom. The van der Waals surface area contributed by atoms with Crippen molar-refractivity contribution in [1.29, 1.82) is 5.41 Å². The van der Waals surface area contributed by atoms with Gasteiger partial charge in [0.05, 0.1) is 6.04 Å². The van der Waals surface area contributed by atoms with E-state index in [0.29, 0.717) is 0 Å². The quantitative estimate of drug-likeness (QED) is 0.353. The van der Waals surface area contributed by atoms with Crippen molar-refractivity contribution in [3.8, 4) is 0 Å². The first-order valence-corrected chi connectivity index (χ1v) is 2.83. The van der Waals surface area contributed by atoms with Crippen LogP contribution in [0.5, 0.6) is 0 Å². The third-order valence-electron chi connectivity index (χ3n) is 1.38. The topological polar surface area (TPSA) is 96.2 Å². The summed E-state index contributed by atoms with van der Waals surface area (Å²) >= 11 is 0. The summed E-state index contributed by atoms with van der Waals surface area (Å²) in [6.07, 6.45) is 0. The van der Waals surface area contributed by atoms with Crippen molar-refractivity contribution in [2.75, 3.05) is 7.05 Å². The standard InChI is InChI=1S/C5H12N4O/c1-3(4(6)7)9(2)5(8)10/h3H,1-2H3,(H3,6,7)(H2,8,10). The zero-order valence-electron chi connectivity index (χ0n) is 6.09. The van der Waals surface area contributed by atoms with Crippen molar-refractivity contribution >= 4 is 11.9 Å². The molecule has 0 aromatic carbocycles. The van der Waals surface area contributed by atoms with Gasteiger partial charge in [-0.1, -0.05) is 0 Å². The summed E-state index contributed by atoms with van der Waals surface area (Å²) in [5, 5.41) is 6.95. The first kappa shape index (κ1) is 8.74. The van der Waals surface area contributed by atoms with Crippen LogP contribution in [0.15, 0.2) is 0 Å². The average Bonchev–Trinajstić information content (AvgIpc) is 1.84. The molecule has 1 unspecified atom stereocenters. The predicted octanol–water partition coefficient (Wildman–Crippen LogP) is -0.679. The van der Waals surface area contributed by atoms with Crippen LogP contribution in [0.1, 0.15) is 6.92 Å². The summed E-state index contributed by atoms with van der Waals surface area (Å²) < 4.78 is 0. The number of hydrogen-bond acceptors (Lipinski definition) is 2. The molecular weight excluding hydrogens is 132 g/mol. The number of rotatable bonds is 2. The van der Waals surface area contributed by atoms with E-state index in [1.807, 2.05) is 0 Å². The molecule has 0 aromatic rings. The van der Waals surface area contributed by atoms with Gasteiger partial charge in [-0.05, 0) is 6.92 Å². The van der Waals surface area contributed by atoms with Crippen molar-refractivity contribution in [1.82, 2.24) is 4.90 Å². The van der Waals surface area contributed by atoms with Crippen LogP contribution in [0.2, 0.25) is 0 Å². The van der Waals surface area contributed by atoms with Gasteiger partial charge in [0.15, 0.2) is 0 Å². The number of nitrogens with zero attached hydrogens (tertiary/aromatic N) is 1. The first-order chi connectivity index (χ1) is 4.46. The Morgan fingerprint density at radius 1 is 1.60 bits per heavy atom. The maximum Gasteiger partial charge on any atom is 0.315 e. The Morgan fingerprint density at radius 3 is 2.10 bits per heavy atom. The molecule has 0 aliphatic heterocycles. The molecule has 0 aromatic heterocycles. The van der Waals surface area contributed by atoms with Crippen LogP contribution in [0.25, 0.3) is 0 Å². The van der Waals surface area contributed by atoms with Gasteiger partial charge < -0.3 is 16.4 Å². The van der Waals surface area contributed by atoms with Crippen molar-refractivity contribution in [2.45, 2.75) is 13.0 Å². The van der Waals surface area contributed by atoms with Crippen LogP contribution in [0, 0.1) is 5.41 Å². The van der Waals surface area contributed by atoms with Gasteiger partial charge in [0.1, 0.15) is 5.84 Å². The Hall–Kier alpha value is -1.26. The van der Waals surface area contributed by atoms with Gasteiger partial charge in [0, 0.05) is 7.05 Å². The monoisotopic (exact) mass is 144 g/mol. The number of urea groups is 1. The fourth-order valence-corrected chi connectivity index (χ4v) is 0.399. The van der Waals surface area contributed by atoms with Crippen LogP contribution in [-0.2, 0) is 0 Å². The Labute approximate surface area is 59.5 Å². The molecule has 0 spiro atoms. The zero-order valence-corrected chi connectivity index (χ0v) is 6.09. The predicted molar refractivity (Wildman–Crippen MR) is 38.7 cm³/mol. The minimum Gasteiger partial charge on any atom is -0.386 e. The number of nitrogens with one attached hydrogen (secondary N) is 1. The van der Waals surface area contributed by atoms with Gasteiger partial charge in [-0.3, -0.25) is 5.41 Å². The van der Waals surface area contributed by atoms with Crippen molar-refractivity contribution in [3.05, 3.63) is 0 Å². The molecule has 0 bridgehead atoms. The molecule has 0 fully saturated rings. The number of carbonyl (C=O) groups excluding carboxylic acids is 1. The van der Waals surface area contributed by atoms with E-state index in [1.54, 1.807) is 6.92 Å². The number of nitrogens with two attached hydrogens (primary N) is 2. The second-order valence-electron chi connectivity index (χ2n) is 2.08. The molecular formula is C5H12N4O. The number of likely N-dealkylation sites (N-methyl/N-ethyl adjacent to an activating group) is 1. The third-order valence-corrected chi connectivity index (χ3v) is 1.38. The molecule has 5 N–H and O–H groups in total. The second-order valence-corrected chi connectivity index (χ2v) is 2.08. The molecule has 0 saturated heterocycles. The highest BCUT2D eigenvalue weighted by atomic mass is 16.2. The van der Waals surface area contributed by atoms with Gasteiger partial charge in [0.2, 0.25) is 0 Å². The van der Waals surface area contributed by atoms with Gasteiger partial charge in [0.25, 0.3) is 0 Å². The number of amides is 2. The van der Waals surface area contributed by atoms with Crippen LogP contribution < -0.4 is 11.5 Å². The van der Waals surface area contributed by atoms with Crippen LogP contribution >= 0.6 is 0 Å². The normalized spacial score (nSPS) is 12.2. The molecule has 1 atom stereocenters. The lowest BCUT2D eigenvalue weighted by Crippen LogP contribution is -2.45. The highest BCUT2D eigenvalue weighted by Gasteiger charge is 2.13. The number of carbonyl (C=O) groups is 1. The second kappa shape index (κ2) is 3.05. The fraction of sp³-hybridized carbons (Fsp3) is 0.600. The maximum atomic E-state index is 10.4. The molecule has 5 nitrogen and oxygen atoms in total. The van der Waals surface area contributed by atoms with Gasteiger partial charge in [-0.2, -0.15) is 0 Å². The third kappa shape index (κ3) is 1.93. The van der Waals surface area contributed by atoms with E-state index in [9.17, 15) is 4.79 Å². The SMILES string of the molecule is CC(C(=N)N)N(C)C(N)=O. The van der Waals surface area contributed by atoms with E-state index >= 15 is 0 Å². The first-order valence-electron chi connectivity index (χ1n) is 2.83. The summed E-state index contributed by atoms with van der Waals surface area (Å²) in [5.41, 5.74) is 10.0. The van der Waals surface area contributed by atoms with Gasteiger partial charge in [-0.15, -0.1) is 0 Å². The highest BCUT2D eigenvalue weighted by molar-refractivity contribution is 5.86. The van der Waals surface area contributed by atoms with Crippen LogP contribution in [0.3, 0.4) is 0 Å². The van der Waals surface area contributed by atoms with E-state index in [1.165, 1.54) is 11.9 Å². The van der Waals surface area contributed by atoms with E-state index in [0.717, 1.165) is 0 Å². The zero-order chi connectivity index (χ0) is 8.31. The molecule has 0 aliphatic rings. The molecule has 10 heavy (non-hydrogen) atoms. The minimum absolute atomic E-state index is 0.0682. The number of amidine groups is 1. The molecule has 5 heteroatoms. The Bertz CT molecular complexity index is 138.